The lowest BCUT2D eigenvalue weighted by atomic mass is 10.0. The number of halogens is 3. The maximum atomic E-state index is 12.9. The molecule has 3 aliphatic heterocycles. The van der Waals surface area contributed by atoms with Crippen molar-refractivity contribution in [1.82, 2.24) is 15.1 Å². The summed E-state index contributed by atoms with van der Waals surface area (Å²) in [6.07, 6.45) is -2.38. The molecule has 1 N–H and O–H groups in total. The van der Waals surface area contributed by atoms with E-state index < -0.39 is 11.7 Å². The average Bonchev–Trinajstić information content (AvgIpc) is 2.76. The second kappa shape index (κ2) is 9.04. The van der Waals surface area contributed by atoms with E-state index in [1.165, 1.54) is 12.1 Å². The van der Waals surface area contributed by atoms with Gasteiger partial charge in [-0.25, -0.2) is 4.79 Å². The van der Waals surface area contributed by atoms with E-state index in [1.54, 1.807) is 9.80 Å². The predicted molar refractivity (Wildman–Crippen MR) is 104 cm³/mol. The Labute approximate surface area is 178 Å². The molecule has 170 valence electrons. The van der Waals surface area contributed by atoms with Gasteiger partial charge in [0.1, 0.15) is 6.61 Å². The number of nitrogens with one attached hydrogen (secondary N) is 1. The van der Waals surface area contributed by atoms with Gasteiger partial charge in [0.05, 0.1) is 30.4 Å². The first-order valence-corrected chi connectivity index (χ1v) is 10.5. The Balaban J connectivity index is 1.21. The lowest BCUT2D eigenvalue weighted by molar-refractivity contribution is -0.140. The largest absolute Gasteiger partial charge is 0.416 e. The van der Waals surface area contributed by atoms with Crippen LogP contribution in [0, 0.1) is 0 Å². The zero-order chi connectivity index (χ0) is 22.0. The number of hydrogen-bond donors (Lipinski definition) is 1. The number of piperidine rings is 2. The van der Waals surface area contributed by atoms with Gasteiger partial charge < -0.3 is 24.6 Å². The number of likely N-dealkylation sites (tertiary alicyclic amines) is 2. The third-order valence-electron chi connectivity index (χ3n) is 6.07. The molecule has 1 aromatic carbocycles. The normalized spacial score (nSPS) is 25.2. The summed E-state index contributed by atoms with van der Waals surface area (Å²) >= 11 is 0. The number of urea groups is 1. The monoisotopic (exact) mass is 441 g/mol. The van der Waals surface area contributed by atoms with E-state index in [0.29, 0.717) is 51.0 Å². The molecular weight excluding hydrogens is 415 g/mol. The zero-order valence-corrected chi connectivity index (χ0v) is 17.1. The SMILES string of the molecule is O=C1CO[C@H]2CCN(C(=O)N3CCC(OCc4ccc(C(F)(F)F)cc4)CC3)C[C@H]2N1. The van der Waals surface area contributed by atoms with Crippen LogP contribution in [-0.4, -0.2) is 72.8 Å². The van der Waals surface area contributed by atoms with Crippen molar-refractivity contribution in [3.05, 3.63) is 35.4 Å². The number of rotatable bonds is 3. The summed E-state index contributed by atoms with van der Waals surface area (Å²) in [4.78, 5) is 28.0. The van der Waals surface area contributed by atoms with Gasteiger partial charge in [-0.05, 0) is 37.0 Å². The number of benzene rings is 1. The van der Waals surface area contributed by atoms with E-state index in [-0.39, 0.29) is 43.4 Å². The van der Waals surface area contributed by atoms with Gasteiger partial charge in [0.25, 0.3) is 0 Å². The summed E-state index contributed by atoms with van der Waals surface area (Å²) in [5.41, 5.74) is 0.0117. The molecule has 7 nitrogen and oxygen atoms in total. The molecule has 31 heavy (non-hydrogen) atoms. The van der Waals surface area contributed by atoms with Gasteiger partial charge in [-0.2, -0.15) is 13.2 Å². The molecule has 3 aliphatic rings. The van der Waals surface area contributed by atoms with Crippen LogP contribution in [0.15, 0.2) is 24.3 Å². The summed E-state index contributed by atoms with van der Waals surface area (Å²) < 4.78 is 49.3. The standard InChI is InChI=1S/C21H26F3N3O4/c22-21(23,24)15-3-1-14(2-4-15)12-30-16-5-8-26(9-6-16)20(29)27-10-7-18-17(11-27)25-19(28)13-31-18/h1-4,16-18H,5-13H2,(H,25,28)/t17-,18+/m1/s1. The first-order chi connectivity index (χ1) is 14.8. The van der Waals surface area contributed by atoms with Gasteiger partial charge in [-0.1, -0.05) is 12.1 Å². The number of carbonyl (C=O) groups excluding carboxylic acids is 2. The van der Waals surface area contributed by atoms with Gasteiger partial charge in [-0.3, -0.25) is 4.79 Å². The Morgan fingerprint density at radius 3 is 2.45 bits per heavy atom. The summed E-state index contributed by atoms with van der Waals surface area (Å²) in [5.74, 6) is -0.151. The number of hydrogen-bond acceptors (Lipinski definition) is 4. The molecule has 1 aromatic rings. The number of fused-ring (bicyclic) bond motifs is 1. The van der Waals surface area contributed by atoms with Gasteiger partial charge in [-0.15, -0.1) is 0 Å². The van der Waals surface area contributed by atoms with Crippen LogP contribution in [0.1, 0.15) is 30.4 Å². The average molecular weight is 441 g/mol. The van der Waals surface area contributed by atoms with Crippen molar-refractivity contribution in [3.8, 4) is 0 Å². The number of morpholine rings is 1. The van der Waals surface area contributed by atoms with Crippen LogP contribution in [0.2, 0.25) is 0 Å². The predicted octanol–water partition coefficient (Wildman–Crippen LogP) is 2.40. The summed E-state index contributed by atoms with van der Waals surface area (Å²) in [6.45, 7) is 2.48. The minimum absolute atomic E-state index is 0.0360. The Morgan fingerprint density at radius 2 is 1.77 bits per heavy atom. The molecule has 3 heterocycles. The fourth-order valence-electron chi connectivity index (χ4n) is 4.29. The van der Waals surface area contributed by atoms with Crippen LogP contribution in [0.4, 0.5) is 18.0 Å². The molecule has 3 saturated heterocycles. The van der Waals surface area contributed by atoms with Crippen molar-refractivity contribution in [2.24, 2.45) is 0 Å². The third-order valence-corrected chi connectivity index (χ3v) is 6.07. The molecular formula is C21H26F3N3O4. The lowest BCUT2D eigenvalue weighted by Gasteiger charge is -2.43. The highest BCUT2D eigenvalue weighted by molar-refractivity contribution is 5.79. The Hall–Kier alpha value is -2.33. The van der Waals surface area contributed by atoms with Crippen molar-refractivity contribution in [1.29, 1.82) is 0 Å². The molecule has 4 rings (SSSR count). The molecule has 0 aromatic heterocycles. The molecule has 0 bridgehead atoms. The number of carbonyl (C=O) groups is 2. The van der Waals surface area contributed by atoms with Crippen molar-refractivity contribution in [3.63, 3.8) is 0 Å². The molecule has 0 spiro atoms. The Morgan fingerprint density at radius 1 is 1.10 bits per heavy atom. The van der Waals surface area contributed by atoms with Crippen molar-refractivity contribution >= 4 is 11.9 Å². The highest BCUT2D eigenvalue weighted by atomic mass is 19.4. The lowest BCUT2D eigenvalue weighted by Crippen LogP contribution is -2.62. The van der Waals surface area contributed by atoms with Crippen LogP contribution in [-0.2, 0) is 27.1 Å². The Kier molecular flexibility index (Phi) is 6.38. The molecule has 3 amide bonds. The zero-order valence-electron chi connectivity index (χ0n) is 17.1. The van der Waals surface area contributed by atoms with Gasteiger partial charge in [0.15, 0.2) is 0 Å². The molecule has 0 aliphatic carbocycles. The van der Waals surface area contributed by atoms with E-state index in [0.717, 1.165) is 12.1 Å². The van der Waals surface area contributed by atoms with Crippen molar-refractivity contribution in [2.45, 2.75) is 50.3 Å². The molecule has 0 unspecified atom stereocenters. The second-order valence-corrected chi connectivity index (χ2v) is 8.23. The first kappa shape index (κ1) is 21.9. The maximum Gasteiger partial charge on any atom is 0.416 e. The van der Waals surface area contributed by atoms with Crippen molar-refractivity contribution < 1.29 is 32.2 Å². The van der Waals surface area contributed by atoms with E-state index in [1.807, 2.05) is 0 Å². The van der Waals surface area contributed by atoms with Crippen LogP contribution in [0.5, 0.6) is 0 Å². The minimum atomic E-state index is -4.34. The van der Waals surface area contributed by atoms with Crippen LogP contribution in [0.25, 0.3) is 0 Å². The first-order valence-electron chi connectivity index (χ1n) is 10.5. The molecule has 3 fully saturated rings. The van der Waals surface area contributed by atoms with Crippen molar-refractivity contribution in [2.75, 3.05) is 32.8 Å². The highest BCUT2D eigenvalue weighted by Gasteiger charge is 2.38. The Bertz CT molecular complexity index is 794. The van der Waals surface area contributed by atoms with Gasteiger partial charge in [0, 0.05) is 26.2 Å². The third kappa shape index (κ3) is 5.30. The van der Waals surface area contributed by atoms with Crippen LogP contribution < -0.4 is 5.32 Å². The number of alkyl halides is 3. The van der Waals surface area contributed by atoms with E-state index in [9.17, 15) is 22.8 Å². The number of ether oxygens (including phenoxy) is 2. The second-order valence-electron chi connectivity index (χ2n) is 8.23. The van der Waals surface area contributed by atoms with E-state index in [2.05, 4.69) is 5.32 Å². The minimum Gasteiger partial charge on any atom is -0.373 e. The number of nitrogens with zero attached hydrogens (tertiary/aromatic N) is 2. The van der Waals surface area contributed by atoms with Gasteiger partial charge >= 0.3 is 12.2 Å². The molecule has 10 heteroatoms. The highest BCUT2D eigenvalue weighted by Crippen LogP contribution is 2.29. The fourth-order valence-corrected chi connectivity index (χ4v) is 4.29. The maximum absolute atomic E-state index is 12.9. The molecule has 0 saturated carbocycles. The summed E-state index contributed by atoms with van der Waals surface area (Å²) in [7, 11) is 0. The smallest absolute Gasteiger partial charge is 0.373 e. The molecule has 2 atom stereocenters. The van der Waals surface area contributed by atoms with Gasteiger partial charge in [0.2, 0.25) is 5.91 Å². The summed E-state index contributed by atoms with van der Waals surface area (Å²) in [5, 5.41) is 2.90. The van der Waals surface area contributed by atoms with Crippen LogP contribution in [0.3, 0.4) is 0 Å². The fraction of sp³-hybridized carbons (Fsp3) is 0.619. The van der Waals surface area contributed by atoms with E-state index >= 15 is 0 Å². The number of amides is 3. The van der Waals surface area contributed by atoms with E-state index in [4.69, 9.17) is 9.47 Å². The molecule has 0 radical (unpaired) electrons. The summed E-state index contributed by atoms with van der Waals surface area (Å²) in [6, 6.07) is 4.77. The topological polar surface area (TPSA) is 71.1 Å². The van der Waals surface area contributed by atoms with Crippen LogP contribution >= 0.6 is 0 Å². The quantitative estimate of drug-likeness (QED) is 0.782.